The van der Waals surface area contributed by atoms with Gasteiger partial charge in [0.15, 0.2) is 0 Å². The van der Waals surface area contributed by atoms with Gasteiger partial charge in [0, 0.05) is 23.5 Å². The van der Waals surface area contributed by atoms with Crippen molar-refractivity contribution in [3.63, 3.8) is 0 Å². The van der Waals surface area contributed by atoms with E-state index in [-0.39, 0.29) is 5.95 Å². The topological polar surface area (TPSA) is 47.0 Å². The second kappa shape index (κ2) is 7.98. The zero-order chi connectivity index (χ0) is 21.1. The fourth-order valence-corrected chi connectivity index (χ4v) is 2.90. The quantitative estimate of drug-likeness (QED) is 0.378. The van der Waals surface area contributed by atoms with Gasteiger partial charge >= 0.3 is 12.5 Å². The van der Waals surface area contributed by atoms with Crippen molar-refractivity contribution in [1.29, 1.82) is 0 Å². The van der Waals surface area contributed by atoms with E-state index in [2.05, 4.69) is 20.0 Å². The number of fused-ring (bicyclic) bond motifs is 1. The summed E-state index contributed by atoms with van der Waals surface area (Å²) in [6.45, 7) is 0. The zero-order valence-corrected chi connectivity index (χ0v) is 15.4. The lowest BCUT2D eigenvalue weighted by atomic mass is 10.1. The minimum Gasteiger partial charge on any atom is -0.428 e. The van der Waals surface area contributed by atoms with Crippen LogP contribution in [0, 0.1) is 0 Å². The van der Waals surface area contributed by atoms with Crippen molar-refractivity contribution in [3.8, 4) is 17.0 Å². The number of ether oxygens (including phenoxy) is 1. The first-order valence-electron chi connectivity index (χ1n) is 8.95. The standard InChI is InChI=1S/C22H15F4N3O/c23-20(24)22(25,26)30-18-7-3-6-17(13-18)28-21-27-11-10-19(29-21)16-9-8-14-4-1-2-5-15(14)12-16/h1-13,20H,(H,27,28,29). The lowest BCUT2D eigenvalue weighted by molar-refractivity contribution is -0.253. The van der Waals surface area contributed by atoms with Crippen molar-refractivity contribution in [1.82, 2.24) is 9.97 Å². The number of nitrogens with one attached hydrogen (secondary N) is 1. The molecule has 0 atom stereocenters. The Morgan fingerprint density at radius 3 is 2.47 bits per heavy atom. The predicted octanol–water partition coefficient (Wildman–Crippen LogP) is 6.28. The molecule has 0 aliphatic heterocycles. The summed E-state index contributed by atoms with van der Waals surface area (Å²) in [6, 6.07) is 20.9. The third-order valence-electron chi connectivity index (χ3n) is 4.30. The van der Waals surface area contributed by atoms with Crippen LogP contribution in [0.4, 0.5) is 29.2 Å². The van der Waals surface area contributed by atoms with Crippen molar-refractivity contribution in [2.45, 2.75) is 12.5 Å². The smallest absolute Gasteiger partial charge is 0.428 e. The molecular formula is C22H15F4N3O. The largest absolute Gasteiger partial charge is 0.461 e. The number of halogens is 4. The van der Waals surface area contributed by atoms with E-state index < -0.39 is 18.3 Å². The molecule has 0 radical (unpaired) electrons. The average molecular weight is 413 g/mol. The maximum absolute atomic E-state index is 13.1. The van der Waals surface area contributed by atoms with Crippen LogP contribution in [0.1, 0.15) is 0 Å². The van der Waals surface area contributed by atoms with Gasteiger partial charge in [-0.1, -0.05) is 42.5 Å². The summed E-state index contributed by atoms with van der Waals surface area (Å²) in [4.78, 5) is 8.57. The van der Waals surface area contributed by atoms with E-state index in [1.165, 1.54) is 12.1 Å². The molecule has 3 aromatic carbocycles. The third kappa shape index (κ3) is 4.32. The van der Waals surface area contributed by atoms with Gasteiger partial charge in [0.1, 0.15) is 5.75 Å². The molecule has 0 saturated heterocycles. The van der Waals surface area contributed by atoms with Gasteiger partial charge in [-0.15, -0.1) is 0 Å². The van der Waals surface area contributed by atoms with Crippen molar-refractivity contribution in [2.75, 3.05) is 5.32 Å². The number of alkyl halides is 4. The van der Waals surface area contributed by atoms with Crippen molar-refractivity contribution in [3.05, 3.63) is 79.0 Å². The second-order valence-electron chi connectivity index (χ2n) is 6.44. The third-order valence-corrected chi connectivity index (χ3v) is 4.30. The van der Waals surface area contributed by atoms with Gasteiger partial charge in [-0.2, -0.15) is 17.6 Å². The summed E-state index contributed by atoms with van der Waals surface area (Å²) in [5.74, 6) is -0.186. The molecule has 4 aromatic rings. The zero-order valence-electron chi connectivity index (χ0n) is 15.4. The van der Waals surface area contributed by atoms with Crippen LogP contribution in [-0.2, 0) is 0 Å². The van der Waals surface area contributed by atoms with E-state index in [0.717, 1.165) is 22.4 Å². The molecule has 0 amide bonds. The number of nitrogens with zero attached hydrogens (tertiary/aromatic N) is 2. The Labute approximate surface area is 169 Å². The lowest BCUT2D eigenvalue weighted by Gasteiger charge is -2.17. The molecule has 0 aliphatic carbocycles. The number of hydrogen-bond donors (Lipinski definition) is 1. The highest BCUT2D eigenvalue weighted by Gasteiger charge is 2.43. The van der Waals surface area contributed by atoms with Crippen molar-refractivity contribution in [2.24, 2.45) is 0 Å². The molecule has 0 spiro atoms. The minimum atomic E-state index is -4.58. The van der Waals surface area contributed by atoms with Crippen LogP contribution in [0.3, 0.4) is 0 Å². The van der Waals surface area contributed by atoms with Gasteiger partial charge < -0.3 is 10.1 Å². The van der Waals surface area contributed by atoms with Crippen LogP contribution in [-0.4, -0.2) is 22.5 Å². The summed E-state index contributed by atoms with van der Waals surface area (Å²) < 4.78 is 55.0. The van der Waals surface area contributed by atoms with Crippen LogP contribution in [0.2, 0.25) is 0 Å². The SMILES string of the molecule is FC(F)C(F)(F)Oc1cccc(Nc2nccc(-c3ccc4ccccc4c3)n2)c1. The Hall–Kier alpha value is -3.68. The van der Waals surface area contributed by atoms with Gasteiger partial charge in [0.05, 0.1) is 5.69 Å². The number of hydrogen-bond acceptors (Lipinski definition) is 4. The van der Waals surface area contributed by atoms with Crippen LogP contribution in [0.5, 0.6) is 5.75 Å². The molecule has 1 N–H and O–H groups in total. The monoisotopic (exact) mass is 413 g/mol. The number of anilines is 2. The molecule has 0 fully saturated rings. The van der Waals surface area contributed by atoms with Crippen LogP contribution >= 0.6 is 0 Å². The Morgan fingerprint density at radius 1 is 0.867 bits per heavy atom. The molecule has 0 saturated carbocycles. The molecule has 1 heterocycles. The molecule has 4 rings (SSSR count). The summed E-state index contributed by atoms with van der Waals surface area (Å²) in [5, 5.41) is 5.04. The fraction of sp³-hybridized carbons (Fsp3) is 0.0909. The van der Waals surface area contributed by atoms with Crippen LogP contribution in [0.25, 0.3) is 22.0 Å². The van der Waals surface area contributed by atoms with Gasteiger partial charge in [-0.05, 0) is 35.0 Å². The van der Waals surface area contributed by atoms with Crippen molar-refractivity contribution < 1.29 is 22.3 Å². The minimum absolute atomic E-state index is 0.221. The molecule has 152 valence electrons. The molecule has 0 unspecified atom stereocenters. The van der Waals surface area contributed by atoms with E-state index in [0.29, 0.717) is 11.4 Å². The Morgan fingerprint density at radius 2 is 1.67 bits per heavy atom. The highest BCUT2D eigenvalue weighted by Crippen LogP contribution is 2.30. The van der Waals surface area contributed by atoms with Crippen LogP contribution < -0.4 is 10.1 Å². The maximum atomic E-state index is 13.1. The first kappa shape index (κ1) is 19.6. The molecule has 1 aromatic heterocycles. The van der Waals surface area contributed by atoms with E-state index >= 15 is 0 Å². The Bertz CT molecular complexity index is 1180. The highest BCUT2D eigenvalue weighted by molar-refractivity contribution is 5.86. The van der Waals surface area contributed by atoms with E-state index in [9.17, 15) is 17.6 Å². The lowest BCUT2D eigenvalue weighted by Crippen LogP contribution is -2.33. The molecule has 0 aliphatic rings. The molecule has 0 bridgehead atoms. The highest BCUT2D eigenvalue weighted by atomic mass is 19.3. The van der Waals surface area contributed by atoms with Crippen molar-refractivity contribution >= 4 is 22.4 Å². The molecular weight excluding hydrogens is 398 g/mol. The first-order valence-corrected chi connectivity index (χ1v) is 8.95. The van der Waals surface area contributed by atoms with Gasteiger partial charge in [0.25, 0.3) is 0 Å². The molecule has 30 heavy (non-hydrogen) atoms. The average Bonchev–Trinajstić information content (AvgIpc) is 2.73. The second-order valence-corrected chi connectivity index (χ2v) is 6.44. The van der Waals surface area contributed by atoms with E-state index in [4.69, 9.17) is 0 Å². The normalized spacial score (nSPS) is 11.6. The number of benzene rings is 3. The fourth-order valence-electron chi connectivity index (χ4n) is 2.90. The Kier molecular flexibility index (Phi) is 5.22. The molecule has 8 heteroatoms. The van der Waals surface area contributed by atoms with E-state index in [1.807, 2.05) is 42.5 Å². The first-order chi connectivity index (χ1) is 14.4. The summed E-state index contributed by atoms with van der Waals surface area (Å²) in [7, 11) is 0. The van der Waals surface area contributed by atoms with E-state index in [1.54, 1.807) is 18.3 Å². The number of rotatable bonds is 6. The van der Waals surface area contributed by atoms with Gasteiger partial charge in [-0.25, -0.2) is 9.97 Å². The Balaban J connectivity index is 1.57. The molecule has 4 nitrogen and oxygen atoms in total. The van der Waals surface area contributed by atoms with Gasteiger partial charge in [-0.3, -0.25) is 0 Å². The summed E-state index contributed by atoms with van der Waals surface area (Å²) in [5.41, 5.74) is 1.86. The number of aromatic nitrogens is 2. The van der Waals surface area contributed by atoms with Crippen LogP contribution in [0.15, 0.2) is 79.0 Å². The summed E-state index contributed by atoms with van der Waals surface area (Å²) in [6.07, 6.45) is -6.95. The summed E-state index contributed by atoms with van der Waals surface area (Å²) >= 11 is 0. The predicted molar refractivity (Wildman–Crippen MR) is 106 cm³/mol. The van der Waals surface area contributed by atoms with Gasteiger partial charge in [0.2, 0.25) is 5.95 Å². The maximum Gasteiger partial charge on any atom is 0.461 e.